The van der Waals surface area contributed by atoms with Gasteiger partial charge in [-0.1, -0.05) is 24.3 Å². The molecule has 0 saturated heterocycles. The van der Waals surface area contributed by atoms with Crippen molar-refractivity contribution in [2.45, 2.75) is 25.0 Å². The molecule has 0 bridgehead atoms. The van der Waals surface area contributed by atoms with Crippen molar-refractivity contribution in [3.63, 3.8) is 0 Å². The van der Waals surface area contributed by atoms with Crippen molar-refractivity contribution < 1.29 is 9.53 Å². The van der Waals surface area contributed by atoms with Gasteiger partial charge in [-0.05, 0) is 41.8 Å². The highest BCUT2D eigenvalue weighted by molar-refractivity contribution is 5.85. The molecule has 1 saturated carbocycles. The van der Waals surface area contributed by atoms with Gasteiger partial charge in [-0.3, -0.25) is 4.79 Å². The molecule has 2 aromatic carbocycles. The Morgan fingerprint density at radius 2 is 2.04 bits per heavy atom. The molecule has 6 heteroatoms. The Hall–Kier alpha value is -2.55. The van der Waals surface area contributed by atoms with Gasteiger partial charge in [0.05, 0.1) is 18.2 Å². The minimum Gasteiger partial charge on any atom is -0.489 e. The van der Waals surface area contributed by atoms with E-state index in [1.54, 1.807) is 6.07 Å². The maximum absolute atomic E-state index is 10.8. The smallest absolute Gasteiger partial charge is 0.231 e. The molecule has 1 amide bonds. The number of rotatable bonds is 7. The number of primary amides is 1. The first-order valence-corrected chi connectivity index (χ1v) is 7.89. The van der Waals surface area contributed by atoms with Gasteiger partial charge < -0.3 is 15.8 Å². The summed E-state index contributed by atoms with van der Waals surface area (Å²) in [5.74, 6) is 0.902. The standard InChI is InChI=1S/C19H19N3O2.ClH/c20-10-13-2-1-3-14(8-13)12-24-16-6-4-15(5-7-16)17-9-18(17)22-11-19(21)23;/h1-8,17-18,22H,9,11-12H2,(H2,21,23);1H. The summed E-state index contributed by atoms with van der Waals surface area (Å²) in [6.45, 7) is 0.658. The highest BCUT2D eigenvalue weighted by Crippen LogP contribution is 2.41. The van der Waals surface area contributed by atoms with Crippen LogP contribution in [0.25, 0.3) is 0 Å². The monoisotopic (exact) mass is 357 g/mol. The van der Waals surface area contributed by atoms with Crippen LogP contribution in [0.4, 0.5) is 0 Å². The van der Waals surface area contributed by atoms with Crippen molar-refractivity contribution in [3.8, 4) is 11.8 Å². The number of amides is 1. The second-order valence-electron chi connectivity index (χ2n) is 5.97. The molecule has 1 fully saturated rings. The summed E-state index contributed by atoms with van der Waals surface area (Å²) in [5, 5.41) is 12.0. The van der Waals surface area contributed by atoms with Gasteiger partial charge in [0.1, 0.15) is 12.4 Å². The molecule has 130 valence electrons. The van der Waals surface area contributed by atoms with E-state index in [2.05, 4.69) is 23.5 Å². The number of halogens is 1. The number of nitrogens with zero attached hydrogens (tertiary/aromatic N) is 1. The highest BCUT2D eigenvalue weighted by atomic mass is 35.5. The number of nitrogens with two attached hydrogens (primary N) is 1. The van der Waals surface area contributed by atoms with Gasteiger partial charge in [0, 0.05) is 12.0 Å². The SMILES string of the molecule is Cl.N#Cc1cccc(COc2ccc(C3CC3NCC(N)=O)cc2)c1. The fraction of sp³-hybridized carbons (Fsp3) is 0.263. The van der Waals surface area contributed by atoms with Gasteiger partial charge in [-0.25, -0.2) is 0 Å². The lowest BCUT2D eigenvalue weighted by atomic mass is 10.1. The summed E-state index contributed by atoms with van der Waals surface area (Å²) >= 11 is 0. The summed E-state index contributed by atoms with van der Waals surface area (Å²) in [7, 11) is 0. The average molecular weight is 358 g/mol. The Morgan fingerprint density at radius 1 is 1.28 bits per heavy atom. The summed E-state index contributed by atoms with van der Waals surface area (Å²) in [4.78, 5) is 10.8. The third kappa shape index (κ3) is 5.21. The quantitative estimate of drug-likeness (QED) is 0.796. The Kier molecular flexibility index (Phi) is 6.40. The van der Waals surface area contributed by atoms with Crippen LogP contribution in [0.1, 0.15) is 29.0 Å². The molecule has 25 heavy (non-hydrogen) atoms. The number of carbonyl (C=O) groups is 1. The number of hydrogen-bond donors (Lipinski definition) is 2. The number of nitriles is 1. The summed E-state index contributed by atoms with van der Waals surface area (Å²) in [6.07, 6.45) is 1.02. The van der Waals surface area contributed by atoms with E-state index >= 15 is 0 Å². The molecule has 2 aromatic rings. The van der Waals surface area contributed by atoms with Crippen LogP contribution in [-0.2, 0) is 11.4 Å². The minimum atomic E-state index is -0.329. The fourth-order valence-corrected chi connectivity index (χ4v) is 2.73. The molecule has 0 heterocycles. The van der Waals surface area contributed by atoms with Crippen LogP contribution in [0.3, 0.4) is 0 Å². The molecule has 0 radical (unpaired) electrons. The molecule has 1 aliphatic carbocycles. The van der Waals surface area contributed by atoms with Gasteiger partial charge in [-0.15, -0.1) is 12.4 Å². The molecule has 3 rings (SSSR count). The Labute approximate surface area is 153 Å². The molecule has 2 unspecified atom stereocenters. The van der Waals surface area contributed by atoms with E-state index in [0.29, 0.717) is 24.1 Å². The Bertz CT molecular complexity index is 771. The van der Waals surface area contributed by atoms with E-state index < -0.39 is 0 Å². The van der Waals surface area contributed by atoms with Gasteiger partial charge >= 0.3 is 0 Å². The second kappa shape index (κ2) is 8.52. The summed E-state index contributed by atoms with van der Waals surface area (Å²) < 4.78 is 5.77. The zero-order valence-corrected chi connectivity index (χ0v) is 14.5. The lowest BCUT2D eigenvalue weighted by Crippen LogP contribution is -2.30. The predicted molar refractivity (Wildman–Crippen MR) is 97.5 cm³/mol. The van der Waals surface area contributed by atoms with E-state index in [1.165, 1.54) is 5.56 Å². The first-order valence-electron chi connectivity index (χ1n) is 7.89. The Morgan fingerprint density at radius 3 is 2.72 bits per heavy atom. The number of carbonyl (C=O) groups excluding carboxylic acids is 1. The van der Waals surface area contributed by atoms with Crippen molar-refractivity contribution in [1.29, 1.82) is 5.26 Å². The van der Waals surface area contributed by atoms with Crippen LogP contribution in [0.2, 0.25) is 0 Å². The molecular weight excluding hydrogens is 338 g/mol. The molecular formula is C19H20ClN3O2. The van der Waals surface area contributed by atoms with Gasteiger partial charge in [0.2, 0.25) is 5.91 Å². The zero-order valence-electron chi connectivity index (χ0n) is 13.6. The maximum Gasteiger partial charge on any atom is 0.231 e. The average Bonchev–Trinajstić information content (AvgIpc) is 3.38. The Balaban J connectivity index is 0.00000225. The molecule has 2 atom stereocenters. The van der Waals surface area contributed by atoms with E-state index in [0.717, 1.165) is 17.7 Å². The van der Waals surface area contributed by atoms with Gasteiger partial charge in [-0.2, -0.15) is 5.26 Å². The second-order valence-corrected chi connectivity index (χ2v) is 5.97. The number of hydrogen-bond acceptors (Lipinski definition) is 4. The molecule has 1 aliphatic rings. The first-order chi connectivity index (χ1) is 11.7. The first kappa shape index (κ1) is 18.8. The van der Waals surface area contributed by atoms with E-state index in [4.69, 9.17) is 15.7 Å². The lowest BCUT2D eigenvalue weighted by Gasteiger charge is -2.08. The predicted octanol–water partition coefficient (Wildman–Crippen LogP) is 2.49. The number of benzene rings is 2. The van der Waals surface area contributed by atoms with Crippen LogP contribution in [0.5, 0.6) is 5.75 Å². The zero-order chi connectivity index (χ0) is 16.9. The topological polar surface area (TPSA) is 88.1 Å². The summed E-state index contributed by atoms with van der Waals surface area (Å²) in [5.41, 5.74) is 7.97. The van der Waals surface area contributed by atoms with Crippen molar-refractivity contribution in [1.82, 2.24) is 5.32 Å². The van der Waals surface area contributed by atoms with E-state index in [-0.39, 0.29) is 24.9 Å². The van der Waals surface area contributed by atoms with E-state index in [1.807, 2.05) is 30.3 Å². The number of nitrogens with one attached hydrogen (secondary N) is 1. The lowest BCUT2D eigenvalue weighted by molar-refractivity contribution is -0.117. The van der Waals surface area contributed by atoms with Crippen molar-refractivity contribution >= 4 is 18.3 Å². The van der Waals surface area contributed by atoms with Crippen molar-refractivity contribution in [2.24, 2.45) is 5.73 Å². The molecule has 5 nitrogen and oxygen atoms in total. The molecule has 0 spiro atoms. The normalized spacial score (nSPS) is 17.9. The van der Waals surface area contributed by atoms with Crippen LogP contribution < -0.4 is 15.8 Å². The maximum atomic E-state index is 10.8. The highest BCUT2D eigenvalue weighted by Gasteiger charge is 2.37. The molecule has 0 aliphatic heterocycles. The van der Waals surface area contributed by atoms with Crippen LogP contribution in [0, 0.1) is 11.3 Å². The van der Waals surface area contributed by atoms with Gasteiger partial charge in [0.25, 0.3) is 0 Å². The molecule has 3 N–H and O–H groups in total. The summed E-state index contributed by atoms with van der Waals surface area (Å²) in [6, 6.07) is 17.9. The van der Waals surface area contributed by atoms with Crippen LogP contribution >= 0.6 is 12.4 Å². The van der Waals surface area contributed by atoms with E-state index in [9.17, 15) is 4.79 Å². The fourth-order valence-electron chi connectivity index (χ4n) is 2.73. The largest absolute Gasteiger partial charge is 0.489 e. The van der Waals surface area contributed by atoms with Crippen molar-refractivity contribution in [2.75, 3.05) is 6.54 Å². The minimum absolute atomic E-state index is 0. The van der Waals surface area contributed by atoms with Crippen LogP contribution in [-0.4, -0.2) is 18.5 Å². The number of ether oxygens (including phenoxy) is 1. The van der Waals surface area contributed by atoms with Gasteiger partial charge in [0.15, 0.2) is 0 Å². The third-order valence-corrected chi connectivity index (χ3v) is 4.10. The third-order valence-electron chi connectivity index (χ3n) is 4.10. The van der Waals surface area contributed by atoms with Crippen LogP contribution in [0.15, 0.2) is 48.5 Å². The molecule has 0 aromatic heterocycles. The van der Waals surface area contributed by atoms with Crippen molar-refractivity contribution in [3.05, 3.63) is 65.2 Å².